The Hall–Kier alpha value is -3.15. The molecule has 0 spiro atoms. The number of carbonyl (C=O) groups is 1. The predicted octanol–water partition coefficient (Wildman–Crippen LogP) is 5.85. The Morgan fingerprint density at radius 2 is 1.89 bits per heavy atom. The van der Waals surface area contributed by atoms with Gasteiger partial charge in [-0.05, 0) is 54.1 Å². The molecule has 4 aromatic rings. The molecule has 0 aliphatic carbocycles. The van der Waals surface area contributed by atoms with Crippen LogP contribution in [0.5, 0.6) is 0 Å². The number of aromatic nitrogens is 2. The highest BCUT2D eigenvalue weighted by Crippen LogP contribution is 2.31. The normalized spacial score (nSPS) is 11.2. The molecule has 28 heavy (non-hydrogen) atoms. The largest absolute Gasteiger partial charge is 0.434 e. The maximum Gasteiger partial charge on any atom is 0.248 e. The number of nitrogens with zero attached hydrogens (tertiary/aromatic N) is 2. The van der Waals surface area contributed by atoms with E-state index < -0.39 is 0 Å². The Labute approximate surface area is 170 Å². The van der Waals surface area contributed by atoms with E-state index in [1.54, 1.807) is 54.7 Å². The van der Waals surface area contributed by atoms with Crippen LogP contribution < -0.4 is 5.32 Å². The number of carbonyl (C=O) groups excluding carboxylic acids is 1. The van der Waals surface area contributed by atoms with Crippen molar-refractivity contribution in [2.75, 3.05) is 5.32 Å². The summed E-state index contributed by atoms with van der Waals surface area (Å²) in [6.07, 6.45) is 4.79. The lowest BCUT2D eigenvalue weighted by Crippen LogP contribution is -2.07. The third-order valence-corrected chi connectivity index (χ3v) is 4.51. The first-order valence-electron chi connectivity index (χ1n) is 8.34. The molecule has 0 atom stereocenters. The van der Waals surface area contributed by atoms with Crippen LogP contribution in [0.3, 0.4) is 0 Å². The highest BCUT2D eigenvalue weighted by Gasteiger charge is 2.13. The first kappa shape index (κ1) is 18.2. The minimum Gasteiger partial charge on any atom is -0.434 e. The number of halogens is 2. The number of hydrogen-bond donors (Lipinski definition) is 1. The van der Waals surface area contributed by atoms with Gasteiger partial charge in [0.25, 0.3) is 0 Å². The van der Waals surface area contributed by atoms with Crippen molar-refractivity contribution in [1.29, 1.82) is 0 Å². The number of oxazole rings is 1. The number of nitrogens with one attached hydrogen (secondary N) is 1. The quantitative estimate of drug-likeness (QED) is 0.429. The Morgan fingerprint density at radius 3 is 2.68 bits per heavy atom. The van der Waals surface area contributed by atoms with Crippen LogP contribution in [-0.2, 0) is 4.79 Å². The molecule has 138 valence electrons. The number of fused-ring (bicyclic) bond motifs is 1. The summed E-state index contributed by atoms with van der Waals surface area (Å²) in [5, 5.41) is 3.90. The topological polar surface area (TPSA) is 68.0 Å². The van der Waals surface area contributed by atoms with Crippen molar-refractivity contribution in [3.8, 4) is 11.5 Å². The summed E-state index contributed by atoms with van der Waals surface area (Å²) in [5.41, 5.74) is 3.07. The summed E-state index contributed by atoms with van der Waals surface area (Å²) in [6.45, 7) is 0. The standard InChI is InChI=1S/C21H13Cl2N3O2/c22-14-6-3-13(4-7-14)5-10-19(27)25-15-8-9-17(23)16(12-15)21-26-20-18(28-21)2-1-11-24-20/h1-12H,(H,25,27)/b10-5+. The molecule has 2 aromatic carbocycles. The second-order valence-corrected chi connectivity index (χ2v) is 6.76. The van der Waals surface area contributed by atoms with Crippen LogP contribution in [0.1, 0.15) is 5.56 Å². The van der Waals surface area contributed by atoms with E-state index in [0.717, 1.165) is 5.56 Å². The van der Waals surface area contributed by atoms with Crippen LogP contribution in [0.4, 0.5) is 5.69 Å². The van der Waals surface area contributed by atoms with Crippen molar-refractivity contribution < 1.29 is 9.21 Å². The van der Waals surface area contributed by atoms with Gasteiger partial charge in [0, 0.05) is 23.0 Å². The first-order valence-corrected chi connectivity index (χ1v) is 9.10. The maximum atomic E-state index is 12.2. The SMILES string of the molecule is O=C(/C=C/c1ccc(Cl)cc1)Nc1ccc(Cl)c(-c2nc3ncccc3o2)c1. The molecule has 0 aliphatic rings. The van der Waals surface area contributed by atoms with E-state index >= 15 is 0 Å². The van der Waals surface area contributed by atoms with Crippen LogP contribution in [0.2, 0.25) is 10.0 Å². The van der Waals surface area contributed by atoms with Crippen LogP contribution in [0.15, 0.2) is 71.3 Å². The molecule has 7 heteroatoms. The first-order chi connectivity index (χ1) is 13.6. The fourth-order valence-corrected chi connectivity index (χ4v) is 2.91. The van der Waals surface area contributed by atoms with E-state index in [9.17, 15) is 4.79 Å². The van der Waals surface area contributed by atoms with E-state index in [4.69, 9.17) is 27.6 Å². The van der Waals surface area contributed by atoms with Crippen LogP contribution in [0, 0.1) is 0 Å². The van der Waals surface area contributed by atoms with Crippen LogP contribution in [-0.4, -0.2) is 15.9 Å². The van der Waals surface area contributed by atoms with Crippen molar-refractivity contribution in [3.05, 3.63) is 82.5 Å². The third kappa shape index (κ3) is 4.06. The molecular weight excluding hydrogens is 397 g/mol. The molecule has 2 heterocycles. The number of benzene rings is 2. The molecule has 5 nitrogen and oxygen atoms in total. The van der Waals surface area contributed by atoms with Gasteiger partial charge in [0.1, 0.15) is 0 Å². The van der Waals surface area contributed by atoms with Crippen LogP contribution in [0.25, 0.3) is 28.8 Å². The molecule has 0 saturated heterocycles. The Balaban J connectivity index is 1.55. The second kappa shape index (κ2) is 7.84. The van der Waals surface area contributed by atoms with Crippen molar-refractivity contribution in [2.45, 2.75) is 0 Å². The zero-order valence-electron chi connectivity index (χ0n) is 14.4. The van der Waals surface area contributed by atoms with Crippen molar-refractivity contribution in [1.82, 2.24) is 9.97 Å². The number of hydrogen-bond acceptors (Lipinski definition) is 4. The summed E-state index contributed by atoms with van der Waals surface area (Å²) < 4.78 is 5.71. The number of anilines is 1. The minimum atomic E-state index is -0.276. The lowest BCUT2D eigenvalue weighted by Gasteiger charge is -2.05. The number of rotatable bonds is 4. The van der Waals surface area contributed by atoms with Gasteiger partial charge in [-0.2, -0.15) is 4.98 Å². The Bertz CT molecular complexity index is 1150. The number of amides is 1. The van der Waals surface area contributed by atoms with Gasteiger partial charge >= 0.3 is 0 Å². The average molecular weight is 410 g/mol. The molecule has 0 unspecified atom stereocenters. The predicted molar refractivity (Wildman–Crippen MR) is 111 cm³/mol. The highest BCUT2D eigenvalue weighted by molar-refractivity contribution is 6.33. The number of pyridine rings is 1. The Morgan fingerprint density at radius 1 is 1.07 bits per heavy atom. The van der Waals surface area contributed by atoms with E-state index in [1.807, 2.05) is 12.1 Å². The molecule has 2 aromatic heterocycles. The Kier molecular flexibility index (Phi) is 5.10. The van der Waals surface area contributed by atoms with Gasteiger partial charge in [-0.3, -0.25) is 4.79 Å². The summed E-state index contributed by atoms with van der Waals surface area (Å²) in [5.74, 6) is 0.0639. The zero-order chi connectivity index (χ0) is 19.5. The van der Waals surface area contributed by atoms with Crippen molar-refractivity contribution in [3.63, 3.8) is 0 Å². The lowest BCUT2D eigenvalue weighted by atomic mass is 10.2. The molecule has 0 bridgehead atoms. The molecule has 1 amide bonds. The van der Waals surface area contributed by atoms with Gasteiger partial charge in [-0.1, -0.05) is 35.3 Å². The van der Waals surface area contributed by atoms with E-state index in [1.165, 1.54) is 6.08 Å². The van der Waals surface area contributed by atoms with Gasteiger partial charge in [-0.25, -0.2) is 4.98 Å². The van der Waals surface area contributed by atoms with E-state index in [-0.39, 0.29) is 5.91 Å². The summed E-state index contributed by atoms with van der Waals surface area (Å²) in [7, 11) is 0. The van der Waals surface area contributed by atoms with Crippen molar-refractivity contribution in [2.24, 2.45) is 0 Å². The molecular formula is C21H13Cl2N3O2. The monoisotopic (exact) mass is 409 g/mol. The van der Waals surface area contributed by atoms with Gasteiger partial charge in [-0.15, -0.1) is 0 Å². The molecule has 0 aliphatic heterocycles. The molecule has 0 saturated carbocycles. The highest BCUT2D eigenvalue weighted by atomic mass is 35.5. The smallest absolute Gasteiger partial charge is 0.248 e. The van der Waals surface area contributed by atoms with Crippen molar-refractivity contribution >= 4 is 52.1 Å². The maximum absolute atomic E-state index is 12.2. The van der Waals surface area contributed by atoms with Gasteiger partial charge in [0.15, 0.2) is 11.2 Å². The molecule has 4 rings (SSSR count). The van der Waals surface area contributed by atoms with Gasteiger partial charge in [0.05, 0.1) is 10.6 Å². The summed E-state index contributed by atoms with van der Waals surface area (Å²) in [4.78, 5) is 20.7. The van der Waals surface area contributed by atoms with Crippen LogP contribution >= 0.6 is 23.2 Å². The summed E-state index contributed by atoms with van der Waals surface area (Å²) >= 11 is 12.1. The lowest BCUT2D eigenvalue weighted by molar-refractivity contribution is -0.111. The average Bonchev–Trinajstić information content (AvgIpc) is 3.13. The molecule has 1 N–H and O–H groups in total. The fourth-order valence-electron chi connectivity index (χ4n) is 2.58. The van der Waals surface area contributed by atoms with E-state index in [0.29, 0.717) is 38.4 Å². The third-order valence-electron chi connectivity index (χ3n) is 3.93. The fraction of sp³-hybridized carbons (Fsp3) is 0. The minimum absolute atomic E-state index is 0.276. The molecule has 0 radical (unpaired) electrons. The zero-order valence-corrected chi connectivity index (χ0v) is 15.9. The van der Waals surface area contributed by atoms with E-state index in [2.05, 4.69) is 15.3 Å². The van der Waals surface area contributed by atoms with Gasteiger partial charge in [0.2, 0.25) is 11.8 Å². The summed E-state index contributed by atoms with van der Waals surface area (Å²) in [6, 6.07) is 15.8. The van der Waals surface area contributed by atoms with Gasteiger partial charge < -0.3 is 9.73 Å². The second-order valence-electron chi connectivity index (χ2n) is 5.91. The molecule has 0 fully saturated rings.